The third-order valence-corrected chi connectivity index (χ3v) is 3.33. The van der Waals surface area contributed by atoms with Gasteiger partial charge in [0.15, 0.2) is 5.76 Å². The molecule has 3 rings (SSSR count). The number of phenolic OH excluding ortho intramolecular Hbond substituents is 1. The SMILES string of the molecule is CCOC(=O)c1c(-c2ccc(F)cc2F)oc2ccc(O)cc12. The molecule has 1 aromatic heterocycles. The second-order valence-electron chi connectivity index (χ2n) is 4.83. The fourth-order valence-electron chi connectivity index (χ4n) is 2.35. The topological polar surface area (TPSA) is 59.7 Å². The summed E-state index contributed by atoms with van der Waals surface area (Å²) in [4.78, 5) is 12.2. The van der Waals surface area contributed by atoms with Gasteiger partial charge in [-0.3, -0.25) is 0 Å². The van der Waals surface area contributed by atoms with Crippen LogP contribution >= 0.6 is 0 Å². The van der Waals surface area contributed by atoms with Crippen LogP contribution in [0.2, 0.25) is 0 Å². The fraction of sp³-hybridized carbons (Fsp3) is 0.118. The van der Waals surface area contributed by atoms with Gasteiger partial charge in [0.2, 0.25) is 0 Å². The van der Waals surface area contributed by atoms with Crippen molar-refractivity contribution in [2.24, 2.45) is 0 Å². The average Bonchev–Trinajstić information content (AvgIpc) is 2.85. The van der Waals surface area contributed by atoms with Gasteiger partial charge in [-0.2, -0.15) is 0 Å². The lowest BCUT2D eigenvalue weighted by molar-refractivity contribution is 0.0529. The summed E-state index contributed by atoms with van der Waals surface area (Å²) in [5.41, 5.74) is 0.206. The van der Waals surface area contributed by atoms with E-state index in [2.05, 4.69) is 0 Å². The number of esters is 1. The zero-order valence-electron chi connectivity index (χ0n) is 12.1. The number of benzene rings is 2. The molecule has 0 amide bonds. The maximum atomic E-state index is 14.1. The lowest BCUT2D eigenvalue weighted by atomic mass is 10.0. The van der Waals surface area contributed by atoms with E-state index < -0.39 is 17.6 Å². The number of ether oxygens (including phenoxy) is 1. The molecule has 4 nitrogen and oxygen atoms in total. The first-order valence-corrected chi connectivity index (χ1v) is 6.89. The van der Waals surface area contributed by atoms with Crippen LogP contribution in [0.25, 0.3) is 22.3 Å². The lowest BCUT2D eigenvalue weighted by Crippen LogP contribution is -2.05. The summed E-state index contributed by atoms with van der Waals surface area (Å²) in [5.74, 6) is -2.45. The van der Waals surface area contributed by atoms with Gasteiger partial charge in [-0.05, 0) is 37.3 Å². The summed E-state index contributed by atoms with van der Waals surface area (Å²) in [7, 11) is 0. The third-order valence-electron chi connectivity index (χ3n) is 3.33. The van der Waals surface area contributed by atoms with E-state index >= 15 is 0 Å². The molecule has 6 heteroatoms. The van der Waals surface area contributed by atoms with Crippen molar-refractivity contribution in [2.75, 3.05) is 6.61 Å². The van der Waals surface area contributed by atoms with Crippen LogP contribution in [0, 0.1) is 11.6 Å². The molecule has 0 saturated heterocycles. The Morgan fingerprint density at radius 3 is 2.70 bits per heavy atom. The molecular formula is C17H12F2O4. The highest BCUT2D eigenvalue weighted by atomic mass is 19.1. The molecule has 0 spiro atoms. The van der Waals surface area contributed by atoms with Crippen molar-refractivity contribution in [2.45, 2.75) is 6.92 Å². The summed E-state index contributed by atoms with van der Waals surface area (Å²) in [5, 5.41) is 9.91. The van der Waals surface area contributed by atoms with Crippen molar-refractivity contribution in [1.82, 2.24) is 0 Å². The molecule has 0 aliphatic rings. The number of hydrogen-bond donors (Lipinski definition) is 1. The Kier molecular flexibility index (Phi) is 3.73. The summed E-state index contributed by atoms with van der Waals surface area (Å²) >= 11 is 0. The third kappa shape index (κ3) is 2.63. The van der Waals surface area contributed by atoms with Crippen LogP contribution in [0.4, 0.5) is 8.78 Å². The number of rotatable bonds is 3. The van der Waals surface area contributed by atoms with Crippen LogP contribution in [0.3, 0.4) is 0 Å². The van der Waals surface area contributed by atoms with E-state index in [0.717, 1.165) is 6.07 Å². The maximum absolute atomic E-state index is 14.1. The van der Waals surface area contributed by atoms with Crippen LogP contribution in [-0.2, 0) is 4.74 Å². The van der Waals surface area contributed by atoms with Crippen LogP contribution in [0.1, 0.15) is 17.3 Å². The first kappa shape index (κ1) is 15.0. The molecule has 1 N–H and O–H groups in total. The van der Waals surface area contributed by atoms with Crippen LogP contribution < -0.4 is 0 Å². The first-order valence-electron chi connectivity index (χ1n) is 6.89. The van der Waals surface area contributed by atoms with Crippen LogP contribution in [-0.4, -0.2) is 17.7 Å². The fourth-order valence-corrected chi connectivity index (χ4v) is 2.35. The molecule has 1 heterocycles. The summed E-state index contributed by atoms with van der Waals surface area (Å²) in [6.45, 7) is 1.76. The molecule has 0 atom stereocenters. The number of hydrogen-bond acceptors (Lipinski definition) is 4. The summed E-state index contributed by atoms with van der Waals surface area (Å²) < 4.78 is 37.7. The zero-order valence-corrected chi connectivity index (χ0v) is 12.1. The first-order chi connectivity index (χ1) is 11.0. The number of carbonyl (C=O) groups is 1. The van der Waals surface area contributed by atoms with Gasteiger partial charge in [0, 0.05) is 11.5 Å². The molecule has 0 bridgehead atoms. The van der Waals surface area contributed by atoms with E-state index in [1.54, 1.807) is 6.92 Å². The van der Waals surface area contributed by atoms with Crippen molar-refractivity contribution in [3.63, 3.8) is 0 Å². The Labute approximate surface area is 129 Å². The normalized spacial score (nSPS) is 10.9. The summed E-state index contributed by atoms with van der Waals surface area (Å²) in [6, 6.07) is 7.12. The Morgan fingerprint density at radius 2 is 2.00 bits per heavy atom. The Balaban J connectivity index is 2.31. The van der Waals surface area contributed by atoms with Crippen molar-refractivity contribution in [1.29, 1.82) is 0 Å². The van der Waals surface area contributed by atoms with E-state index in [1.165, 1.54) is 24.3 Å². The number of furan rings is 1. The standard InChI is InChI=1S/C17H12F2O4/c1-2-22-17(21)15-12-8-10(20)4-6-14(12)23-16(15)11-5-3-9(18)7-13(11)19/h3-8,20H,2H2,1H3. The molecule has 0 saturated carbocycles. The van der Waals surface area contributed by atoms with Gasteiger partial charge in [-0.1, -0.05) is 0 Å². The predicted molar refractivity (Wildman–Crippen MR) is 79.2 cm³/mol. The smallest absolute Gasteiger partial charge is 0.342 e. The maximum Gasteiger partial charge on any atom is 0.342 e. The quantitative estimate of drug-likeness (QED) is 0.733. The molecule has 0 aliphatic heterocycles. The minimum absolute atomic E-state index is 0.0109. The minimum atomic E-state index is -0.862. The zero-order chi connectivity index (χ0) is 16.6. The molecule has 23 heavy (non-hydrogen) atoms. The minimum Gasteiger partial charge on any atom is -0.508 e. The number of halogens is 2. The van der Waals surface area contributed by atoms with Gasteiger partial charge in [-0.15, -0.1) is 0 Å². The number of carbonyl (C=O) groups excluding carboxylic acids is 1. The molecule has 0 unspecified atom stereocenters. The number of phenols is 1. The van der Waals surface area contributed by atoms with Gasteiger partial charge in [0.1, 0.15) is 28.5 Å². The van der Waals surface area contributed by atoms with Crippen molar-refractivity contribution < 1.29 is 27.8 Å². The Hall–Kier alpha value is -2.89. The predicted octanol–water partition coefficient (Wildman–Crippen LogP) is 4.26. The number of aromatic hydroxyl groups is 1. The van der Waals surface area contributed by atoms with Crippen molar-refractivity contribution in [3.05, 3.63) is 53.6 Å². The van der Waals surface area contributed by atoms with Gasteiger partial charge >= 0.3 is 5.97 Å². The van der Waals surface area contributed by atoms with Gasteiger partial charge in [-0.25, -0.2) is 13.6 Å². The number of fused-ring (bicyclic) bond motifs is 1. The van der Waals surface area contributed by atoms with E-state index in [1.807, 2.05) is 0 Å². The average molecular weight is 318 g/mol. The molecular weight excluding hydrogens is 306 g/mol. The Bertz CT molecular complexity index is 899. The van der Waals surface area contributed by atoms with Crippen LogP contribution in [0.15, 0.2) is 40.8 Å². The largest absolute Gasteiger partial charge is 0.508 e. The second-order valence-corrected chi connectivity index (χ2v) is 4.83. The molecule has 3 aromatic rings. The highest BCUT2D eigenvalue weighted by molar-refractivity contribution is 6.09. The lowest BCUT2D eigenvalue weighted by Gasteiger charge is -2.04. The van der Waals surface area contributed by atoms with Gasteiger partial charge in [0.25, 0.3) is 0 Å². The molecule has 2 aromatic carbocycles. The van der Waals surface area contributed by atoms with E-state index in [0.29, 0.717) is 11.5 Å². The van der Waals surface area contributed by atoms with E-state index in [-0.39, 0.29) is 34.8 Å². The highest BCUT2D eigenvalue weighted by Gasteiger charge is 2.25. The molecule has 0 fully saturated rings. The van der Waals surface area contributed by atoms with Crippen molar-refractivity contribution in [3.8, 4) is 17.1 Å². The van der Waals surface area contributed by atoms with Gasteiger partial charge < -0.3 is 14.3 Å². The molecule has 118 valence electrons. The van der Waals surface area contributed by atoms with Crippen LogP contribution in [0.5, 0.6) is 5.75 Å². The second kappa shape index (κ2) is 5.72. The monoisotopic (exact) mass is 318 g/mol. The van der Waals surface area contributed by atoms with Gasteiger partial charge in [0.05, 0.1) is 12.2 Å². The van der Waals surface area contributed by atoms with E-state index in [9.17, 15) is 18.7 Å². The van der Waals surface area contributed by atoms with Crippen molar-refractivity contribution >= 4 is 16.9 Å². The highest BCUT2D eigenvalue weighted by Crippen LogP contribution is 2.37. The van der Waals surface area contributed by atoms with E-state index in [4.69, 9.17) is 9.15 Å². The summed E-state index contributed by atoms with van der Waals surface area (Å²) in [6.07, 6.45) is 0. The Morgan fingerprint density at radius 1 is 1.22 bits per heavy atom. The molecule has 0 aliphatic carbocycles. The molecule has 0 radical (unpaired) electrons.